The topological polar surface area (TPSA) is 41.1 Å². The van der Waals surface area contributed by atoms with E-state index in [4.69, 9.17) is 0 Å². The molecule has 0 aromatic heterocycles. The molecular formula is C17H27ClN2OS. The van der Waals surface area contributed by atoms with Crippen LogP contribution in [-0.4, -0.2) is 30.3 Å². The number of hydrogen-bond acceptors (Lipinski definition) is 3. The second-order valence-electron chi connectivity index (χ2n) is 6.01. The van der Waals surface area contributed by atoms with Crippen molar-refractivity contribution >= 4 is 30.1 Å². The average molecular weight is 343 g/mol. The number of hydrogen-bond donors (Lipinski definition) is 2. The van der Waals surface area contributed by atoms with Crippen molar-refractivity contribution < 1.29 is 4.79 Å². The first-order chi connectivity index (χ1) is 10.2. The minimum absolute atomic E-state index is 0. The molecule has 3 nitrogen and oxygen atoms in total. The number of carbonyl (C=O) groups is 1. The molecule has 1 heterocycles. The molecule has 0 saturated carbocycles. The van der Waals surface area contributed by atoms with Crippen molar-refractivity contribution in [1.29, 1.82) is 0 Å². The van der Waals surface area contributed by atoms with Gasteiger partial charge in [-0.3, -0.25) is 4.79 Å². The van der Waals surface area contributed by atoms with E-state index in [2.05, 4.69) is 36.6 Å². The van der Waals surface area contributed by atoms with Gasteiger partial charge in [-0.1, -0.05) is 44.2 Å². The summed E-state index contributed by atoms with van der Waals surface area (Å²) in [4.78, 5) is 12.5. The first-order valence-electron chi connectivity index (χ1n) is 7.83. The van der Waals surface area contributed by atoms with E-state index in [0.717, 1.165) is 31.7 Å². The summed E-state index contributed by atoms with van der Waals surface area (Å²) < 4.78 is 0. The third kappa shape index (κ3) is 6.19. The molecule has 1 amide bonds. The van der Waals surface area contributed by atoms with Crippen LogP contribution >= 0.6 is 24.2 Å². The maximum Gasteiger partial charge on any atom is 0.233 e. The van der Waals surface area contributed by atoms with Crippen LogP contribution in [0.3, 0.4) is 0 Å². The van der Waals surface area contributed by atoms with Gasteiger partial charge >= 0.3 is 0 Å². The highest BCUT2D eigenvalue weighted by molar-refractivity contribution is 7.99. The van der Waals surface area contributed by atoms with E-state index in [1.165, 1.54) is 5.56 Å². The van der Waals surface area contributed by atoms with E-state index in [-0.39, 0.29) is 23.6 Å². The zero-order chi connectivity index (χ0) is 15.1. The zero-order valence-corrected chi connectivity index (χ0v) is 15.0. The van der Waals surface area contributed by atoms with Crippen molar-refractivity contribution in [3.8, 4) is 0 Å². The monoisotopic (exact) mass is 342 g/mol. The molecule has 1 aromatic rings. The number of carbonyl (C=O) groups excluding carboxylic acids is 1. The van der Waals surface area contributed by atoms with E-state index in [1.807, 2.05) is 18.2 Å². The van der Waals surface area contributed by atoms with Crippen LogP contribution in [-0.2, 0) is 10.5 Å². The molecule has 0 bridgehead atoms. The van der Waals surface area contributed by atoms with Crippen LogP contribution in [0.15, 0.2) is 30.3 Å². The van der Waals surface area contributed by atoms with Crippen LogP contribution in [0.2, 0.25) is 0 Å². The summed E-state index contributed by atoms with van der Waals surface area (Å²) in [6.07, 6.45) is 2.24. The van der Waals surface area contributed by atoms with Gasteiger partial charge in [0.25, 0.3) is 0 Å². The first kappa shape index (κ1) is 19.3. The lowest BCUT2D eigenvalue weighted by Crippen LogP contribution is -2.49. The highest BCUT2D eigenvalue weighted by Crippen LogP contribution is 2.24. The standard InChI is InChI=1S/C17H26N2OS.ClH/c1-13(2)16(21-12-14-7-4-3-5-8-14)17(20)19-15-9-6-10-18-11-15;/h3-5,7-8,13,15-16,18H,6,9-12H2,1-2H3,(H,19,20);1H/t15-,16?;/m0./s1. The Bertz CT molecular complexity index is 436. The van der Waals surface area contributed by atoms with Crippen LogP contribution in [0.4, 0.5) is 0 Å². The Hall–Kier alpha value is -0.710. The lowest BCUT2D eigenvalue weighted by atomic mass is 10.1. The Morgan fingerprint density at radius 3 is 2.68 bits per heavy atom. The molecule has 1 unspecified atom stereocenters. The molecule has 0 spiro atoms. The van der Waals surface area contributed by atoms with Crippen molar-refractivity contribution in [3.05, 3.63) is 35.9 Å². The van der Waals surface area contributed by atoms with E-state index in [9.17, 15) is 4.79 Å². The molecular weight excluding hydrogens is 316 g/mol. The lowest BCUT2D eigenvalue weighted by molar-refractivity contribution is -0.122. The van der Waals surface area contributed by atoms with Crippen molar-refractivity contribution in [2.24, 2.45) is 5.92 Å². The highest BCUT2D eigenvalue weighted by Gasteiger charge is 2.25. The van der Waals surface area contributed by atoms with Crippen LogP contribution in [0.1, 0.15) is 32.3 Å². The fourth-order valence-electron chi connectivity index (χ4n) is 2.59. The summed E-state index contributed by atoms with van der Waals surface area (Å²) in [5, 5.41) is 6.58. The quantitative estimate of drug-likeness (QED) is 0.834. The van der Waals surface area contributed by atoms with Gasteiger partial charge in [-0.25, -0.2) is 0 Å². The summed E-state index contributed by atoms with van der Waals surface area (Å²) in [5.41, 5.74) is 1.28. The number of rotatable bonds is 6. The van der Waals surface area contributed by atoms with Gasteiger partial charge in [0.2, 0.25) is 5.91 Å². The van der Waals surface area contributed by atoms with E-state index < -0.39 is 0 Å². The van der Waals surface area contributed by atoms with E-state index in [1.54, 1.807) is 11.8 Å². The molecule has 124 valence electrons. The molecule has 2 rings (SSSR count). The summed E-state index contributed by atoms with van der Waals surface area (Å²) in [7, 11) is 0. The van der Waals surface area contributed by atoms with Gasteiger partial charge in [-0.2, -0.15) is 0 Å². The molecule has 1 saturated heterocycles. The third-order valence-electron chi connectivity index (χ3n) is 3.78. The smallest absolute Gasteiger partial charge is 0.233 e. The van der Waals surface area contributed by atoms with Gasteiger partial charge in [0.05, 0.1) is 5.25 Å². The molecule has 1 fully saturated rings. The van der Waals surface area contributed by atoms with Gasteiger partial charge in [-0.05, 0) is 30.9 Å². The lowest BCUT2D eigenvalue weighted by Gasteiger charge is -2.27. The SMILES string of the molecule is CC(C)C(SCc1ccccc1)C(=O)N[C@H]1CCCNC1.Cl. The number of halogens is 1. The maximum atomic E-state index is 12.5. The minimum atomic E-state index is 0. The van der Waals surface area contributed by atoms with Gasteiger partial charge in [-0.15, -0.1) is 24.2 Å². The minimum Gasteiger partial charge on any atom is -0.351 e. The summed E-state index contributed by atoms with van der Waals surface area (Å²) in [6, 6.07) is 10.7. The molecule has 5 heteroatoms. The number of benzene rings is 1. The van der Waals surface area contributed by atoms with Crippen LogP contribution in [0.5, 0.6) is 0 Å². The Morgan fingerprint density at radius 1 is 1.36 bits per heavy atom. The number of amides is 1. The molecule has 0 radical (unpaired) electrons. The second-order valence-corrected chi connectivity index (χ2v) is 7.14. The average Bonchev–Trinajstić information content (AvgIpc) is 2.49. The molecule has 1 aromatic carbocycles. The van der Waals surface area contributed by atoms with Gasteiger partial charge < -0.3 is 10.6 Å². The Morgan fingerprint density at radius 2 is 2.09 bits per heavy atom. The number of thioether (sulfide) groups is 1. The Balaban J connectivity index is 0.00000242. The summed E-state index contributed by atoms with van der Waals surface area (Å²) in [6.45, 7) is 6.23. The fourth-order valence-corrected chi connectivity index (χ4v) is 3.76. The molecule has 2 atom stereocenters. The predicted octanol–water partition coefficient (Wildman–Crippen LogP) is 3.23. The second kappa shape index (κ2) is 10.1. The highest BCUT2D eigenvalue weighted by atomic mass is 35.5. The van der Waals surface area contributed by atoms with Crippen molar-refractivity contribution in [3.63, 3.8) is 0 Å². The largest absolute Gasteiger partial charge is 0.351 e. The van der Waals surface area contributed by atoms with Gasteiger partial charge in [0, 0.05) is 18.3 Å². The molecule has 1 aliphatic rings. The number of piperidine rings is 1. The van der Waals surface area contributed by atoms with Crippen molar-refractivity contribution in [2.75, 3.05) is 13.1 Å². The normalized spacial score (nSPS) is 19.3. The number of nitrogens with one attached hydrogen (secondary N) is 2. The van der Waals surface area contributed by atoms with Crippen LogP contribution in [0.25, 0.3) is 0 Å². The summed E-state index contributed by atoms with van der Waals surface area (Å²) >= 11 is 1.75. The van der Waals surface area contributed by atoms with Gasteiger partial charge in [0.15, 0.2) is 0 Å². The van der Waals surface area contributed by atoms with Crippen LogP contribution in [0, 0.1) is 5.92 Å². The molecule has 2 N–H and O–H groups in total. The Labute approximate surface area is 144 Å². The zero-order valence-electron chi connectivity index (χ0n) is 13.4. The fraction of sp³-hybridized carbons (Fsp3) is 0.588. The van der Waals surface area contributed by atoms with E-state index in [0.29, 0.717) is 12.0 Å². The predicted molar refractivity (Wildman–Crippen MR) is 97.6 cm³/mol. The Kier molecular flexibility index (Phi) is 8.91. The van der Waals surface area contributed by atoms with Crippen LogP contribution < -0.4 is 10.6 Å². The molecule has 0 aliphatic carbocycles. The maximum absolute atomic E-state index is 12.5. The third-order valence-corrected chi connectivity index (χ3v) is 5.40. The van der Waals surface area contributed by atoms with Crippen molar-refractivity contribution in [2.45, 2.75) is 43.7 Å². The van der Waals surface area contributed by atoms with E-state index >= 15 is 0 Å². The van der Waals surface area contributed by atoms with Crippen molar-refractivity contribution in [1.82, 2.24) is 10.6 Å². The molecule has 22 heavy (non-hydrogen) atoms. The van der Waals surface area contributed by atoms with Gasteiger partial charge in [0.1, 0.15) is 0 Å². The summed E-state index contributed by atoms with van der Waals surface area (Å²) in [5.74, 6) is 1.43. The molecule has 1 aliphatic heterocycles. The first-order valence-corrected chi connectivity index (χ1v) is 8.88.